The van der Waals surface area contributed by atoms with Gasteiger partial charge in [0.25, 0.3) is 5.91 Å². The highest BCUT2D eigenvalue weighted by Crippen LogP contribution is 2.35. The van der Waals surface area contributed by atoms with E-state index in [0.717, 1.165) is 0 Å². The molecule has 1 aliphatic heterocycles. The molecule has 2 aromatic rings. The van der Waals surface area contributed by atoms with Crippen LogP contribution in [0.1, 0.15) is 6.92 Å². The number of hydrogen-bond acceptors (Lipinski definition) is 4. The van der Waals surface area contributed by atoms with E-state index < -0.39 is 22.0 Å². The first-order valence-corrected chi connectivity index (χ1v) is 10.2. The first-order valence-electron chi connectivity index (χ1n) is 7.83. The number of hydrogen-bond donors (Lipinski definition) is 1. The van der Waals surface area contributed by atoms with Gasteiger partial charge in [-0.15, -0.1) is 0 Å². The number of nitrogens with one attached hydrogen (secondary N) is 1. The summed E-state index contributed by atoms with van der Waals surface area (Å²) in [6, 6.07) is 11.3. The third-order valence-electron chi connectivity index (χ3n) is 3.86. The van der Waals surface area contributed by atoms with Crippen LogP contribution in [0, 0.1) is 0 Å². The van der Waals surface area contributed by atoms with Gasteiger partial charge in [-0.2, -0.15) is 0 Å². The quantitative estimate of drug-likeness (QED) is 0.829. The Balaban J connectivity index is 1.88. The summed E-state index contributed by atoms with van der Waals surface area (Å²) in [6.45, 7) is 1.43. The molecule has 0 saturated heterocycles. The molecule has 1 N–H and O–H groups in total. The van der Waals surface area contributed by atoms with Gasteiger partial charge in [0.05, 0.1) is 18.0 Å². The number of amides is 1. The Kier molecular flexibility index (Phi) is 5.32. The lowest BCUT2D eigenvalue weighted by Gasteiger charge is -2.34. The summed E-state index contributed by atoms with van der Waals surface area (Å²) in [5.74, 6) is -0.242. The van der Waals surface area contributed by atoms with Crippen molar-refractivity contribution in [1.29, 1.82) is 0 Å². The van der Waals surface area contributed by atoms with Crippen LogP contribution in [0.25, 0.3) is 0 Å². The minimum absolute atomic E-state index is 0.0838. The van der Waals surface area contributed by atoms with Gasteiger partial charge < -0.3 is 10.1 Å². The van der Waals surface area contributed by atoms with Crippen LogP contribution in [0.2, 0.25) is 10.0 Å². The lowest BCUT2D eigenvalue weighted by molar-refractivity contribution is -0.122. The number of rotatable bonds is 4. The summed E-state index contributed by atoms with van der Waals surface area (Å²) in [5, 5.41) is 3.41. The van der Waals surface area contributed by atoms with Crippen molar-refractivity contribution in [1.82, 2.24) is 0 Å². The lowest BCUT2D eigenvalue weighted by Crippen LogP contribution is -2.49. The molecule has 0 bridgehead atoms. The molecule has 0 aliphatic carbocycles. The smallest absolute Gasteiger partial charge is 0.267 e. The first kappa shape index (κ1) is 18.8. The third kappa shape index (κ3) is 3.90. The van der Waals surface area contributed by atoms with E-state index in [2.05, 4.69) is 5.32 Å². The van der Waals surface area contributed by atoms with Crippen LogP contribution in [-0.2, 0) is 14.8 Å². The Hall–Kier alpha value is -1.96. The average molecular weight is 415 g/mol. The molecule has 0 radical (unpaired) electrons. The molecular formula is C17H16Cl2N2O4S. The summed E-state index contributed by atoms with van der Waals surface area (Å²) < 4.78 is 31.8. The van der Waals surface area contributed by atoms with Gasteiger partial charge in [-0.3, -0.25) is 9.10 Å². The van der Waals surface area contributed by atoms with Gasteiger partial charge in [-0.25, -0.2) is 8.42 Å². The number of halogens is 2. The predicted octanol–water partition coefficient (Wildman–Crippen LogP) is 3.55. The molecule has 0 fully saturated rings. The van der Waals surface area contributed by atoms with Gasteiger partial charge in [0.2, 0.25) is 10.0 Å². The SMILES string of the molecule is CCS(=O)(=O)N1C[C@H](C(=O)Nc2cc(Cl)cc(Cl)c2)Oc2ccccc21. The van der Waals surface area contributed by atoms with Crippen molar-refractivity contribution in [2.24, 2.45) is 0 Å². The van der Waals surface area contributed by atoms with Crippen LogP contribution < -0.4 is 14.4 Å². The van der Waals surface area contributed by atoms with Crippen LogP contribution in [0.3, 0.4) is 0 Å². The lowest BCUT2D eigenvalue weighted by atomic mass is 10.2. The summed E-state index contributed by atoms with van der Waals surface area (Å²) in [7, 11) is -3.56. The van der Waals surface area contributed by atoms with E-state index in [1.165, 1.54) is 4.31 Å². The van der Waals surface area contributed by atoms with Crippen molar-refractivity contribution in [3.63, 3.8) is 0 Å². The number of sulfonamides is 1. The fourth-order valence-corrected chi connectivity index (χ4v) is 4.26. The zero-order valence-corrected chi connectivity index (χ0v) is 16.1. The van der Waals surface area contributed by atoms with Gasteiger partial charge in [0.15, 0.2) is 6.10 Å². The molecule has 0 unspecified atom stereocenters. The van der Waals surface area contributed by atoms with Crippen LogP contribution >= 0.6 is 23.2 Å². The molecule has 3 rings (SSSR count). The van der Waals surface area contributed by atoms with E-state index in [1.807, 2.05) is 0 Å². The number of para-hydroxylation sites is 2. The third-order valence-corrected chi connectivity index (χ3v) is 6.04. The van der Waals surface area contributed by atoms with E-state index in [1.54, 1.807) is 49.4 Å². The molecule has 138 valence electrons. The second-order valence-electron chi connectivity index (χ2n) is 5.65. The first-order chi connectivity index (χ1) is 12.3. The Morgan fingerprint density at radius 1 is 1.23 bits per heavy atom. The number of carbonyl (C=O) groups excluding carboxylic acids is 1. The van der Waals surface area contributed by atoms with Crippen molar-refractivity contribution in [2.45, 2.75) is 13.0 Å². The number of nitrogens with zero attached hydrogens (tertiary/aromatic N) is 1. The number of ether oxygens (including phenoxy) is 1. The second-order valence-corrected chi connectivity index (χ2v) is 8.71. The Bertz CT molecular complexity index is 929. The monoisotopic (exact) mass is 414 g/mol. The number of benzene rings is 2. The van der Waals surface area contributed by atoms with Crippen molar-refractivity contribution in [2.75, 3.05) is 21.9 Å². The summed E-state index contributed by atoms with van der Waals surface area (Å²) in [4.78, 5) is 12.6. The van der Waals surface area contributed by atoms with Crippen LogP contribution in [-0.4, -0.2) is 32.7 Å². The molecule has 26 heavy (non-hydrogen) atoms. The summed E-state index contributed by atoms with van der Waals surface area (Å²) in [5.41, 5.74) is 0.823. The zero-order valence-electron chi connectivity index (χ0n) is 13.8. The normalized spacial score (nSPS) is 16.6. The highest BCUT2D eigenvalue weighted by atomic mass is 35.5. The molecule has 0 spiro atoms. The fourth-order valence-electron chi connectivity index (χ4n) is 2.61. The van der Waals surface area contributed by atoms with E-state index >= 15 is 0 Å². The van der Waals surface area contributed by atoms with E-state index in [9.17, 15) is 13.2 Å². The molecule has 9 heteroatoms. The highest BCUT2D eigenvalue weighted by molar-refractivity contribution is 7.92. The highest BCUT2D eigenvalue weighted by Gasteiger charge is 2.35. The maximum atomic E-state index is 12.6. The van der Waals surface area contributed by atoms with Crippen molar-refractivity contribution >= 4 is 50.5 Å². The van der Waals surface area contributed by atoms with Crippen LogP contribution in [0.5, 0.6) is 5.75 Å². The molecule has 1 amide bonds. The van der Waals surface area contributed by atoms with E-state index in [-0.39, 0.29) is 12.3 Å². The molecular weight excluding hydrogens is 399 g/mol. The molecule has 0 aromatic heterocycles. The maximum absolute atomic E-state index is 12.6. The average Bonchev–Trinajstić information content (AvgIpc) is 2.59. The summed E-state index contributed by atoms with van der Waals surface area (Å²) in [6.07, 6.45) is -1.01. The molecule has 2 aromatic carbocycles. The summed E-state index contributed by atoms with van der Waals surface area (Å²) >= 11 is 11.9. The fraction of sp³-hybridized carbons (Fsp3) is 0.235. The Morgan fingerprint density at radius 2 is 1.88 bits per heavy atom. The van der Waals surface area contributed by atoms with Gasteiger partial charge in [-0.1, -0.05) is 35.3 Å². The van der Waals surface area contributed by atoms with Crippen LogP contribution in [0.4, 0.5) is 11.4 Å². The Labute approximate surface area is 161 Å². The minimum Gasteiger partial charge on any atom is -0.476 e. The van der Waals surface area contributed by atoms with Gasteiger partial charge in [0, 0.05) is 15.7 Å². The van der Waals surface area contributed by atoms with Gasteiger partial charge >= 0.3 is 0 Å². The number of anilines is 2. The van der Waals surface area contributed by atoms with E-state index in [4.69, 9.17) is 27.9 Å². The standard InChI is InChI=1S/C17H16Cl2N2O4S/c1-2-26(23,24)21-10-16(25-15-6-4-3-5-14(15)21)17(22)20-13-8-11(18)7-12(19)9-13/h3-9,16H,2,10H2,1H3,(H,20,22)/t16-/m1/s1. The number of carbonyl (C=O) groups is 1. The van der Waals surface area contributed by atoms with Crippen molar-refractivity contribution < 1.29 is 17.9 Å². The van der Waals surface area contributed by atoms with Crippen molar-refractivity contribution in [3.8, 4) is 5.75 Å². The molecule has 1 atom stereocenters. The van der Waals surface area contributed by atoms with Crippen LogP contribution in [0.15, 0.2) is 42.5 Å². The van der Waals surface area contributed by atoms with E-state index in [0.29, 0.717) is 27.2 Å². The van der Waals surface area contributed by atoms with Gasteiger partial charge in [0.1, 0.15) is 5.75 Å². The van der Waals surface area contributed by atoms with Gasteiger partial charge in [-0.05, 0) is 37.3 Å². The molecule has 0 saturated carbocycles. The molecule has 1 aliphatic rings. The topological polar surface area (TPSA) is 75.7 Å². The second kappa shape index (κ2) is 7.34. The molecule has 6 nitrogen and oxygen atoms in total. The Morgan fingerprint density at radius 3 is 2.54 bits per heavy atom. The minimum atomic E-state index is -3.56. The zero-order chi connectivity index (χ0) is 18.9. The maximum Gasteiger partial charge on any atom is 0.267 e. The molecule has 1 heterocycles. The largest absolute Gasteiger partial charge is 0.476 e. The number of fused-ring (bicyclic) bond motifs is 1. The predicted molar refractivity (Wildman–Crippen MR) is 103 cm³/mol. The van der Waals surface area contributed by atoms with Crippen molar-refractivity contribution in [3.05, 3.63) is 52.5 Å².